The van der Waals surface area contributed by atoms with E-state index in [1.807, 2.05) is 27.7 Å². The molecule has 0 spiro atoms. The molecule has 1 atom stereocenters. The number of rotatable bonds is 2. The van der Waals surface area contributed by atoms with E-state index in [0.717, 1.165) is 6.42 Å². The zero-order valence-corrected chi connectivity index (χ0v) is 12.3. The molecule has 94 valence electrons. The van der Waals surface area contributed by atoms with Crippen LogP contribution in [0.1, 0.15) is 54.9 Å². The summed E-state index contributed by atoms with van der Waals surface area (Å²) in [7, 11) is -0.300. The van der Waals surface area contributed by atoms with Crippen molar-refractivity contribution in [3.63, 3.8) is 0 Å². The fourth-order valence-electron chi connectivity index (χ4n) is 1.72. The molecule has 0 saturated carbocycles. The molecule has 0 amide bonds. The Bertz CT molecular complexity index is 242. The van der Waals surface area contributed by atoms with Crippen molar-refractivity contribution < 1.29 is 9.31 Å². The average molecular weight is 247 g/mol. The van der Waals surface area contributed by atoms with Crippen LogP contribution >= 0.6 is 11.6 Å². The molecule has 1 saturated heterocycles. The van der Waals surface area contributed by atoms with Gasteiger partial charge >= 0.3 is 7.12 Å². The topological polar surface area (TPSA) is 18.5 Å². The van der Waals surface area contributed by atoms with Crippen molar-refractivity contribution in [1.82, 2.24) is 0 Å². The third-order valence-corrected chi connectivity index (χ3v) is 3.73. The maximum absolute atomic E-state index is 6.38. The van der Waals surface area contributed by atoms with Crippen molar-refractivity contribution >= 4 is 18.7 Å². The number of halogens is 1. The molecule has 0 aliphatic carbocycles. The Balaban J connectivity index is 2.66. The van der Waals surface area contributed by atoms with Crippen molar-refractivity contribution in [2.75, 3.05) is 0 Å². The Labute approximate surface area is 105 Å². The molecule has 0 aromatic heterocycles. The van der Waals surface area contributed by atoms with Gasteiger partial charge in [0.15, 0.2) is 0 Å². The summed E-state index contributed by atoms with van der Waals surface area (Å²) in [4.78, 5) is 0. The molecule has 1 heterocycles. The SMILES string of the molecule is CC(C)(C)C[C@@H](Cl)B1OC(C)(C)C(C)(C)O1. The minimum atomic E-state index is -0.300. The van der Waals surface area contributed by atoms with Gasteiger partial charge in [0.2, 0.25) is 0 Å². The molecule has 1 fully saturated rings. The summed E-state index contributed by atoms with van der Waals surface area (Å²) < 4.78 is 11.8. The van der Waals surface area contributed by atoms with Gasteiger partial charge in [0.05, 0.1) is 16.5 Å². The molecule has 16 heavy (non-hydrogen) atoms. The zero-order valence-electron chi connectivity index (χ0n) is 11.6. The highest BCUT2D eigenvalue weighted by molar-refractivity contribution is 6.59. The van der Waals surface area contributed by atoms with E-state index in [2.05, 4.69) is 20.8 Å². The van der Waals surface area contributed by atoms with Gasteiger partial charge in [0.25, 0.3) is 0 Å². The Morgan fingerprint density at radius 1 is 1.06 bits per heavy atom. The summed E-state index contributed by atoms with van der Waals surface area (Å²) in [5.41, 5.74) is -0.388. The molecule has 1 aliphatic heterocycles. The third kappa shape index (κ3) is 3.15. The van der Waals surface area contributed by atoms with Gasteiger partial charge in [-0.3, -0.25) is 0 Å². The quantitative estimate of drug-likeness (QED) is 0.547. The van der Waals surface area contributed by atoms with Crippen LogP contribution in [0, 0.1) is 5.41 Å². The van der Waals surface area contributed by atoms with Crippen LogP contribution in [-0.4, -0.2) is 23.6 Å². The summed E-state index contributed by atoms with van der Waals surface area (Å²) >= 11 is 6.38. The highest BCUT2D eigenvalue weighted by atomic mass is 35.5. The standard InChI is InChI=1S/C12H24BClO2/c1-10(2,3)8-9(14)13-15-11(4,5)12(6,7)16-13/h9H,8H2,1-7H3/t9-/m1/s1. The van der Waals surface area contributed by atoms with Crippen molar-refractivity contribution in [3.05, 3.63) is 0 Å². The lowest BCUT2D eigenvalue weighted by Crippen LogP contribution is -2.41. The van der Waals surface area contributed by atoms with Crippen molar-refractivity contribution in [2.24, 2.45) is 5.41 Å². The second kappa shape index (κ2) is 4.18. The highest BCUT2D eigenvalue weighted by Gasteiger charge is 2.53. The summed E-state index contributed by atoms with van der Waals surface area (Å²) in [5, 5.41) is -0.0962. The molecule has 4 heteroatoms. The molecular weight excluding hydrogens is 222 g/mol. The monoisotopic (exact) mass is 246 g/mol. The van der Waals surface area contributed by atoms with Gasteiger partial charge in [0, 0.05) is 0 Å². The Hall–Kier alpha value is 0.275. The first-order valence-corrected chi connectivity index (χ1v) is 6.38. The molecule has 0 aromatic rings. The lowest BCUT2D eigenvalue weighted by Gasteiger charge is -2.32. The van der Waals surface area contributed by atoms with E-state index in [4.69, 9.17) is 20.9 Å². The van der Waals surface area contributed by atoms with Crippen LogP contribution in [0.15, 0.2) is 0 Å². The molecule has 2 nitrogen and oxygen atoms in total. The lowest BCUT2D eigenvalue weighted by molar-refractivity contribution is 0.00578. The maximum atomic E-state index is 6.38. The predicted molar refractivity (Wildman–Crippen MR) is 69.8 cm³/mol. The van der Waals surface area contributed by atoms with E-state index in [1.165, 1.54) is 0 Å². The smallest absolute Gasteiger partial charge is 0.402 e. The van der Waals surface area contributed by atoms with Crippen LogP contribution in [0.25, 0.3) is 0 Å². The average Bonchev–Trinajstić information content (AvgIpc) is 2.17. The first kappa shape index (κ1) is 14.3. The summed E-state index contributed by atoms with van der Waals surface area (Å²) in [6.07, 6.45) is 0.880. The number of hydrogen-bond acceptors (Lipinski definition) is 2. The van der Waals surface area contributed by atoms with E-state index in [1.54, 1.807) is 0 Å². The Morgan fingerprint density at radius 3 is 1.75 bits per heavy atom. The van der Waals surface area contributed by atoms with E-state index in [-0.39, 0.29) is 29.0 Å². The van der Waals surface area contributed by atoms with E-state index < -0.39 is 0 Å². The van der Waals surface area contributed by atoms with Crippen LogP contribution in [-0.2, 0) is 9.31 Å². The Morgan fingerprint density at radius 2 is 1.44 bits per heavy atom. The summed E-state index contributed by atoms with van der Waals surface area (Å²) in [5.74, 6) is 0. The Kier molecular flexibility index (Phi) is 3.75. The van der Waals surface area contributed by atoms with Gasteiger partial charge in [-0.05, 0) is 39.5 Å². The molecule has 0 unspecified atom stereocenters. The second-order valence-electron chi connectivity index (χ2n) is 6.91. The van der Waals surface area contributed by atoms with E-state index in [0.29, 0.717) is 0 Å². The van der Waals surface area contributed by atoms with Crippen LogP contribution in [0.3, 0.4) is 0 Å². The molecular formula is C12H24BClO2. The van der Waals surface area contributed by atoms with E-state index >= 15 is 0 Å². The van der Waals surface area contributed by atoms with Crippen LogP contribution in [0.2, 0.25) is 0 Å². The van der Waals surface area contributed by atoms with Crippen molar-refractivity contribution in [2.45, 2.75) is 71.4 Å². The van der Waals surface area contributed by atoms with Gasteiger partial charge in [-0.2, -0.15) is 0 Å². The largest absolute Gasteiger partial charge is 0.477 e. The van der Waals surface area contributed by atoms with Gasteiger partial charge in [-0.25, -0.2) is 0 Å². The number of alkyl halides is 1. The van der Waals surface area contributed by atoms with Crippen LogP contribution in [0.4, 0.5) is 0 Å². The van der Waals surface area contributed by atoms with E-state index in [9.17, 15) is 0 Å². The zero-order chi connectivity index (χ0) is 12.8. The molecule has 0 N–H and O–H groups in total. The molecule has 0 aromatic carbocycles. The molecule has 0 radical (unpaired) electrons. The fraction of sp³-hybridized carbons (Fsp3) is 1.00. The van der Waals surface area contributed by atoms with Crippen molar-refractivity contribution in [3.8, 4) is 0 Å². The highest BCUT2D eigenvalue weighted by Crippen LogP contribution is 2.40. The summed E-state index contributed by atoms with van der Waals surface area (Å²) in [6.45, 7) is 14.7. The second-order valence-corrected chi connectivity index (χ2v) is 7.47. The third-order valence-electron chi connectivity index (χ3n) is 3.37. The van der Waals surface area contributed by atoms with Gasteiger partial charge in [-0.15, -0.1) is 11.6 Å². The maximum Gasteiger partial charge on any atom is 0.477 e. The predicted octanol–water partition coefficient (Wildman–Crippen LogP) is 3.66. The van der Waals surface area contributed by atoms with Gasteiger partial charge in [0.1, 0.15) is 0 Å². The summed E-state index contributed by atoms with van der Waals surface area (Å²) in [6, 6.07) is 0. The minimum Gasteiger partial charge on any atom is -0.402 e. The first-order valence-electron chi connectivity index (χ1n) is 5.94. The molecule has 0 bridgehead atoms. The minimum absolute atomic E-state index is 0.0962. The molecule has 1 aliphatic rings. The van der Waals surface area contributed by atoms with Gasteiger partial charge < -0.3 is 9.31 Å². The van der Waals surface area contributed by atoms with Crippen LogP contribution in [0.5, 0.6) is 0 Å². The van der Waals surface area contributed by atoms with Crippen LogP contribution < -0.4 is 0 Å². The lowest BCUT2D eigenvalue weighted by atomic mass is 9.75. The van der Waals surface area contributed by atoms with Gasteiger partial charge in [-0.1, -0.05) is 20.8 Å². The first-order chi connectivity index (χ1) is 6.95. The van der Waals surface area contributed by atoms with Crippen molar-refractivity contribution in [1.29, 1.82) is 0 Å². The fourth-order valence-corrected chi connectivity index (χ4v) is 2.28. The normalized spacial score (nSPS) is 25.9. The number of hydrogen-bond donors (Lipinski definition) is 0. The molecule has 1 rings (SSSR count).